The fourth-order valence-electron chi connectivity index (χ4n) is 1.55. The van der Waals surface area contributed by atoms with Crippen LogP contribution in [0.4, 0.5) is 0 Å². The molecule has 0 bridgehead atoms. The molecule has 74 valence electrons. The van der Waals surface area contributed by atoms with Gasteiger partial charge < -0.3 is 15.8 Å². The summed E-state index contributed by atoms with van der Waals surface area (Å²) in [4.78, 5) is 3.02. The number of nitrogens with one attached hydrogen (secondary N) is 1. The largest absolute Gasteiger partial charge is 0.387 e. The van der Waals surface area contributed by atoms with Gasteiger partial charge in [-0.25, -0.2) is 0 Å². The van der Waals surface area contributed by atoms with Crippen LogP contribution in [0, 0.1) is 0 Å². The van der Waals surface area contributed by atoms with Crippen LogP contribution in [0.2, 0.25) is 5.02 Å². The lowest BCUT2D eigenvalue weighted by Gasteiger charge is -2.08. The molecule has 1 aromatic heterocycles. The number of aromatic amines is 1. The van der Waals surface area contributed by atoms with Gasteiger partial charge in [-0.2, -0.15) is 0 Å². The Morgan fingerprint density at radius 2 is 2.29 bits per heavy atom. The number of benzene rings is 1. The molecule has 1 atom stereocenters. The zero-order valence-corrected chi connectivity index (χ0v) is 8.25. The second-order valence-electron chi connectivity index (χ2n) is 3.16. The van der Waals surface area contributed by atoms with E-state index in [2.05, 4.69) is 4.98 Å². The van der Waals surface area contributed by atoms with Crippen molar-refractivity contribution in [2.75, 3.05) is 6.54 Å². The number of aliphatic hydroxyl groups is 1. The molecule has 0 aliphatic rings. The van der Waals surface area contributed by atoms with E-state index in [1.54, 1.807) is 6.20 Å². The molecule has 0 aliphatic heterocycles. The van der Waals surface area contributed by atoms with Gasteiger partial charge in [0.2, 0.25) is 0 Å². The average Bonchev–Trinajstić information content (AvgIpc) is 2.59. The number of hydrogen-bond acceptors (Lipinski definition) is 2. The van der Waals surface area contributed by atoms with Crippen LogP contribution < -0.4 is 5.73 Å². The van der Waals surface area contributed by atoms with Crippen molar-refractivity contribution < 1.29 is 5.11 Å². The molecule has 0 saturated carbocycles. The Morgan fingerprint density at radius 3 is 3.00 bits per heavy atom. The monoisotopic (exact) mass is 210 g/mol. The van der Waals surface area contributed by atoms with Crippen LogP contribution >= 0.6 is 11.6 Å². The minimum atomic E-state index is -0.645. The van der Waals surface area contributed by atoms with Gasteiger partial charge in [0.1, 0.15) is 0 Å². The molecule has 2 aromatic rings. The van der Waals surface area contributed by atoms with Gasteiger partial charge in [0, 0.05) is 23.7 Å². The number of para-hydroxylation sites is 1. The Hall–Kier alpha value is -1.03. The van der Waals surface area contributed by atoms with E-state index in [-0.39, 0.29) is 6.54 Å². The molecule has 2 rings (SSSR count). The van der Waals surface area contributed by atoms with Gasteiger partial charge in [-0.05, 0) is 0 Å². The fourth-order valence-corrected chi connectivity index (χ4v) is 1.76. The average molecular weight is 211 g/mol. The van der Waals surface area contributed by atoms with Crippen LogP contribution in [0.1, 0.15) is 11.7 Å². The van der Waals surface area contributed by atoms with Crippen molar-refractivity contribution in [1.82, 2.24) is 4.98 Å². The van der Waals surface area contributed by atoms with Gasteiger partial charge in [0.05, 0.1) is 16.6 Å². The lowest BCUT2D eigenvalue weighted by Crippen LogP contribution is -2.11. The summed E-state index contributed by atoms with van der Waals surface area (Å²) in [6.07, 6.45) is 1.06. The predicted molar refractivity (Wildman–Crippen MR) is 57.3 cm³/mol. The molecule has 0 amide bonds. The Morgan fingerprint density at radius 1 is 1.50 bits per heavy atom. The van der Waals surface area contributed by atoms with Crippen LogP contribution in [0.25, 0.3) is 10.9 Å². The van der Waals surface area contributed by atoms with Crippen molar-refractivity contribution in [2.45, 2.75) is 6.10 Å². The number of rotatable bonds is 2. The smallest absolute Gasteiger partial charge is 0.0932 e. The number of H-pyrrole nitrogens is 1. The summed E-state index contributed by atoms with van der Waals surface area (Å²) in [5.41, 5.74) is 7.05. The van der Waals surface area contributed by atoms with Crippen LogP contribution in [0.15, 0.2) is 24.4 Å². The van der Waals surface area contributed by atoms with Crippen molar-refractivity contribution in [3.63, 3.8) is 0 Å². The normalized spacial score (nSPS) is 13.4. The molecular weight excluding hydrogens is 200 g/mol. The van der Waals surface area contributed by atoms with E-state index in [9.17, 15) is 5.11 Å². The molecule has 1 aromatic carbocycles. The maximum absolute atomic E-state index is 9.65. The van der Waals surface area contributed by atoms with E-state index in [1.165, 1.54) is 0 Å². The molecule has 3 nitrogen and oxygen atoms in total. The van der Waals surface area contributed by atoms with Crippen molar-refractivity contribution in [1.29, 1.82) is 0 Å². The first-order valence-corrected chi connectivity index (χ1v) is 4.75. The van der Waals surface area contributed by atoms with Gasteiger partial charge in [-0.1, -0.05) is 29.8 Å². The summed E-state index contributed by atoms with van der Waals surface area (Å²) >= 11 is 5.95. The van der Waals surface area contributed by atoms with Crippen LogP contribution in [0.5, 0.6) is 0 Å². The SMILES string of the molecule is NCC(O)c1cccc2c(Cl)c[nH]c12. The highest BCUT2D eigenvalue weighted by molar-refractivity contribution is 6.35. The first-order valence-electron chi connectivity index (χ1n) is 4.37. The molecular formula is C10H11ClN2O. The fraction of sp³-hybridized carbons (Fsp3) is 0.200. The summed E-state index contributed by atoms with van der Waals surface area (Å²) in [5.74, 6) is 0. The molecule has 1 unspecified atom stereocenters. The third-order valence-electron chi connectivity index (χ3n) is 2.28. The van der Waals surface area contributed by atoms with Crippen LogP contribution in [-0.4, -0.2) is 16.6 Å². The Kier molecular flexibility index (Phi) is 2.46. The molecule has 0 spiro atoms. The maximum atomic E-state index is 9.65. The minimum absolute atomic E-state index is 0.204. The highest BCUT2D eigenvalue weighted by Gasteiger charge is 2.11. The number of halogens is 1. The second kappa shape index (κ2) is 3.61. The van der Waals surface area contributed by atoms with Crippen molar-refractivity contribution >= 4 is 22.5 Å². The third-order valence-corrected chi connectivity index (χ3v) is 2.59. The van der Waals surface area contributed by atoms with E-state index in [4.69, 9.17) is 17.3 Å². The third kappa shape index (κ3) is 1.39. The van der Waals surface area contributed by atoms with Gasteiger partial charge in [-0.15, -0.1) is 0 Å². The van der Waals surface area contributed by atoms with E-state index in [1.807, 2.05) is 18.2 Å². The molecule has 1 heterocycles. The van der Waals surface area contributed by atoms with Gasteiger partial charge in [0.15, 0.2) is 0 Å². The molecule has 0 radical (unpaired) electrons. The molecule has 14 heavy (non-hydrogen) atoms. The molecule has 4 N–H and O–H groups in total. The summed E-state index contributed by atoms with van der Waals surface area (Å²) < 4.78 is 0. The topological polar surface area (TPSA) is 62.0 Å². The number of aromatic nitrogens is 1. The molecule has 4 heteroatoms. The second-order valence-corrected chi connectivity index (χ2v) is 3.57. The van der Waals surface area contributed by atoms with Gasteiger partial charge >= 0.3 is 0 Å². The van der Waals surface area contributed by atoms with Crippen molar-refractivity contribution in [3.05, 3.63) is 35.0 Å². The number of fused-ring (bicyclic) bond motifs is 1. The molecule has 0 aliphatic carbocycles. The summed E-state index contributed by atoms with van der Waals surface area (Å²) in [5, 5.41) is 11.2. The zero-order chi connectivity index (χ0) is 10.1. The van der Waals surface area contributed by atoms with Crippen LogP contribution in [0.3, 0.4) is 0 Å². The molecule has 0 fully saturated rings. The maximum Gasteiger partial charge on any atom is 0.0932 e. The predicted octanol–water partition coefficient (Wildman–Crippen LogP) is 1.81. The number of nitrogens with two attached hydrogens (primary N) is 1. The van der Waals surface area contributed by atoms with E-state index in [0.717, 1.165) is 16.5 Å². The van der Waals surface area contributed by atoms with E-state index in [0.29, 0.717) is 5.02 Å². The standard InChI is InChI=1S/C10H11ClN2O/c11-8-5-13-10-6(8)2-1-3-7(10)9(14)4-12/h1-3,5,9,13-14H,4,12H2. The number of hydrogen-bond donors (Lipinski definition) is 3. The Balaban J connectivity index is 2.65. The van der Waals surface area contributed by atoms with Crippen molar-refractivity contribution in [2.24, 2.45) is 5.73 Å². The Bertz CT molecular complexity index is 452. The zero-order valence-electron chi connectivity index (χ0n) is 7.50. The lowest BCUT2D eigenvalue weighted by atomic mass is 10.1. The highest BCUT2D eigenvalue weighted by atomic mass is 35.5. The quantitative estimate of drug-likeness (QED) is 0.708. The summed E-state index contributed by atoms with van der Waals surface area (Å²) in [6.45, 7) is 0.204. The molecule has 0 saturated heterocycles. The van der Waals surface area contributed by atoms with E-state index >= 15 is 0 Å². The van der Waals surface area contributed by atoms with Gasteiger partial charge in [0.25, 0.3) is 0 Å². The van der Waals surface area contributed by atoms with Crippen molar-refractivity contribution in [3.8, 4) is 0 Å². The van der Waals surface area contributed by atoms with E-state index < -0.39 is 6.10 Å². The highest BCUT2D eigenvalue weighted by Crippen LogP contribution is 2.28. The Labute approximate surface area is 86.5 Å². The first-order chi connectivity index (χ1) is 6.74. The number of aliphatic hydroxyl groups excluding tert-OH is 1. The van der Waals surface area contributed by atoms with Gasteiger partial charge in [-0.3, -0.25) is 0 Å². The minimum Gasteiger partial charge on any atom is -0.387 e. The lowest BCUT2D eigenvalue weighted by molar-refractivity contribution is 0.188. The first kappa shape index (κ1) is 9.52. The summed E-state index contributed by atoms with van der Waals surface area (Å²) in [6, 6.07) is 5.60. The van der Waals surface area contributed by atoms with Crippen LogP contribution in [-0.2, 0) is 0 Å². The summed E-state index contributed by atoms with van der Waals surface area (Å²) in [7, 11) is 0.